The normalized spacial score (nSPS) is 13.2. The SMILES string of the molecule is COc1ccc(N(C)CC(O)CO)cc1C(C)(C)C. The van der Waals surface area contributed by atoms with Gasteiger partial charge < -0.3 is 19.8 Å². The summed E-state index contributed by atoms with van der Waals surface area (Å²) in [7, 11) is 3.57. The van der Waals surface area contributed by atoms with Crippen molar-refractivity contribution in [2.45, 2.75) is 32.3 Å². The van der Waals surface area contributed by atoms with Gasteiger partial charge >= 0.3 is 0 Å². The highest BCUT2D eigenvalue weighted by atomic mass is 16.5. The molecule has 108 valence electrons. The topological polar surface area (TPSA) is 52.9 Å². The van der Waals surface area contributed by atoms with Crippen LogP contribution < -0.4 is 9.64 Å². The van der Waals surface area contributed by atoms with Gasteiger partial charge in [0, 0.05) is 24.8 Å². The number of benzene rings is 1. The van der Waals surface area contributed by atoms with Crippen molar-refractivity contribution in [3.63, 3.8) is 0 Å². The molecular formula is C15H25NO3. The van der Waals surface area contributed by atoms with Crippen LogP contribution in [0.25, 0.3) is 0 Å². The van der Waals surface area contributed by atoms with Gasteiger partial charge in [0.15, 0.2) is 0 Å². The van der Waals surface area contributed by atoms with Crippen molar-refractivity contribution in [1.29, 1.82) is 0 Å². The third-order valence-electron chi connectivity index (χ3n) is 3.13. The molecule has 1 rings (SSSR count). The van der Waals surface area contributed by atoms with E-state index in [4.69, 9.17) is 9.84 Å². The maximum absolute atomic E-state index is 9.50. The number of nitrogens with zero attached hydrogens (tertiary/aromatic N) is 1. The molecule has 1 aromatic rings. The van der Waals surface area contributed by atoms with Crippen LogP contribution in [0.4, 0.5) is 5.69 Å². The van der Waals surface area contributed by atoms with Crippen LogP contribution in [0.3, 0.4) is 0 Å². The summed E-state index contributed by atoms with van der Waals surface area (Å²) in [4.78, 5) is 1.93. The van der Waals surface area contributed by atoms with Gasteiger partial charge in [-0.25, -0.2) is 0 Å². The number of anilines is 1. The number of hydrogen-bond acceptors (Lipinski definition) is 4. The van der Waals surface area contributed by atoms with Crippen LogP contribution in [0.2, 0.25) is 0 Å². The van der Waals surface area contributed by atoms with Gasteiger partial charge in [0.05, 0.1) is 19.8 Å². The molecule has 1 atom stereocenters. The van der Waals surface area contributed by atoms with E-state index in [2.05, 4.69) is 26.8 Å². The minimum atomic E-state index is -0.731. The fourth-order valence-electron chi connectivity index (χ4n) is 2.00. The highest BCUT2D eigenvalue weighted by molar-refractivity contribution is 5.54. The zero-order valence-electron chi connectivity index (χ0n) is 12.5. The average Bonchev–Trinajstić information content (AvgIpc) is 2.36. The van der Waals surface area contributed by atoms with Crippen LogP contribution in [0.5, 0.6) is 5.75 Å². The molecule has 0 aromatic heterocycles. The van der Waals surface area contributed by atoms with Crippen molar-refractivity contribution in [1.82, 2.24) is 0 Å². The Bertz CT molecular complexity index is 412. The van der Waals surface area contributed by atoms with Crippen LogP contribution in [0.1, 0.15) is 26.3 Å². The molecule has 0 fully saturated rings. The van der Waals surface area contributed by atoms with Crippen LogP contribution in [0, 0.1) is 0 Å². The Morgan fingerprint density at radius 1 is 1.32 bits per heavy atom. The van der Waals surface area contributed by atoms with E-state index < -0.39 is 6.10 Å². The molecule has 0 aliphatic heterocycles. The van der Waals surface area contributed by atoms with Crippen molar-refractivity contribution in [2.75, 3.05) is 32.2 Å². The van der Waals surface area contributed by atoms with E-state index in [9.17, 15) is 5.11 Å². The summed E-state index contributed by atoms with van der Waals surface area (Å²) < 4.78 is 5.40. The van der Waals surface area contributed by atoms with Crippen molar-refractivity contribution < 1.29 is 14.9 Å². The minimum absolute atomic E-state index is 0.0161. The quantitative estimate of drug-likeness (QED) is 0.854. The zero-order valence-corrected chi connectivity index (χ0v) is 12.5. The Morgan fingerprint density at radius 3 is 2.42 bits per heavy atom. The van der Waals surface area contributed by atoms with Gasteiger partial charge in [-0.1, -0.05) is 20.8 Å². The first kappa shape index (κ1) is 15.8. The number of likely N-dealkylation sites (N-methyl/N-ethyl adjacent to an activating group) is 1. The Hall–Kier alpha value is -1.26. The Labute approximate surface area is 115 Å². The second-order valence-electron chi connectivity index (χ2n) is 5.85. The molecule has 0 saturated carbocycles. The molecule has 0 spiro atoms. The van der Waals surface area contributed by atoms with E-state index in [1.807, 2.05) is 24.1 Å². The molecule has 1 aromatic carbocycles. The maximum atomic E-state index is 9.50. The summed E-state index contributed by atoms with van der Waals surface area (Å²) in [5.41, 5.74) is 2.11. The van der Waals surface area contributed by atoms with Crippen LogP contribution in [-0.4, -0.2) is 43.6 Å². The molecule has 0 bridgehead atoms. The summed E-state index contributed by atoms with van der Waals surface area (Å²) in [6.45, 7) is 6.57. The lowest BCUT2D eigenvalue weighted by Gasteiger charge is -2.27. The minimum Gasteiger partial charge on any atom is -0.496 e. The van der Waals surface area contributed by atoms with Gasteiger partial charge in [0.1, 0.15) is 5.75 Å². The molecule has 0 heterocycles. The van der Waals surface area contributed by atoms with E-state index in [-0.39, 0.29) is 12.0 Å². The largest absolute Gasteiger partial charge is 0.496 e. The lowest BCUT2D eigenvalue weighted by atomic mass is 9.86. The van der Waals surface area contributed by atoms with Gasteiger partial charge in [-0.05, 0) is 23.6 Å². The second kappa shape index (κ2) is 6.26. The molecule has 0 aliphatic rings. The number of aliphatic hydroxyl groups is 2. The fourth-order valence-corrected chi connectivity index (χ4v) is 2.00. The van der Waals surface area contributed by atoms with Crippen molar-refractivity contribution >= 4 is 5.69 Å². The van der Waals surface area contributed by atoms with E-state index in [1.54, 1.807) is 7.11 Å². The lowest BCUT2D eigenvalue weighted by Crippen LogP contribution is -2.31. The molecule has 4 nitrogen and oxygen atoms in total. The molecule has 19 heavy (non-hydrogen) atoms. The highest BCUT2D eigenvalue weighted by Gasteiger charge is 2.20. The fraction of sp³-hybridized carbons (Fsp3) is 0.600. The second-order valence-corrected chi connectivity index (χ2v) is 5.85. The first-order valence-electron chi connectivity index (χ1n) is 6.48. The third kappa shape index (κ3) is 4.11. The summed E-state index contributed by atoms with van der Waals surface area (Å²) in [5, 5.41) is 18.4. The van der Waals surface area contributed by atoms with E-state index in [1.165, 1.54) is 0 Å². The number of aliphatic hydroxyl groups excluding tert-OH is 2. The number of hydrogen-bond donors (Lipinski definition) is 2. The summed E-state index contributed by atoms with van der Waals surface area (Å²) >= 11 is 0. The van der Waals surface area contributed by atoms with E-state index >= 15 is 0 Å². The standard InChI is InChI=1S/C15H25NO3/c1-15(2,3)13-8-11(6-7-14(13)19-5)16(4)9-12(18)10-17/h6-8,12,17-18H,9-10H2,1-5H3. The van der Waals surface area contributed by atoms with Gasteiger partial charge in [-0.2, -0.15) is 0 Å². The van der Waals surface area contributed by atoms with E-state index in [0.717, 1.165) is 17.0 Å². The van der Waals surface area contributed by atoms with Crippen LogP contribution in [0.15, 0.2) is 18.2 Å². The molecule has 0 aliphatic carbocycles. The predicted octanol–water partition coefficient (Wildman–Crippen LogP) is 1.78. The predicted molar refractivity (Wildman–Crippen MR) is 78.1 cm³/mol. The van der Waals surface area contributed by atoms with E-state index in [0.29, 0.717) is 6.54 Å². The summed E-state index contributed by atoms with van der Waals surface area (Å²) in [6, 6.07) is 5.97. The highest BCUT2D eigenvalue weighted by Crippen LogP contribution is 2.34. The van der Waals surface area contributed by atoms with Gasteiger partial charge in [0.25, 0.3) is 0 Å². The smallest absolute Gasteiger partial charge is 0.122 e. The Balaban J connectivity index is 3.04. The molecule has 0 radical (unpaired) electrons. The molecule has 2 N–H and O–H groups in total. The van der Waals surface area contributed by atoms with Crippen molar-refractivity contribution in [2.24, 2.45) is 0 Å². The number of ether oxygens (including phenoxy) is 1. The molecule has 0 saturated heterocycles. The van der Waals surface area contributed by atoms with Crippen molar-refractivity contribution in [3.8, 4) is 5.75 Å². The van der Waals surface area contributed by atoms with Gasteiger partial charge in [-0.15, -0.1) is 0 Å². The third-order valence-corrected chi connectivity index (χ3v) is 3.13. The van der Waals surface area contributed by atoms with Crippen molar-refractivity contribution in [3.05, 3.63) is 23.8 Å². The first-order chi connectivity index (χ1) is 8.79. The molecule has 4 heteroatoms. The molecule has 1 unspecified atom stereocenters. The van der Waals surface area contributed by atoms with Crippen LogP contribution in [-0.2, 0) is 5.41 Å². The maximum Gasteiger partial charge on any atom is 0.122 e. The van der Waals surface area contributed by atoms with Crippen LogP contribution >= 0.6 is 0 Å². The summed E-state index contributed by atoms with van der Waals surface area (Å²) in [6.07, 6.45) is -0.731. The Kier molecular flexibility index (Phi) is 5.20. The summed E-state index contributed by atoms with van der Waals surface area (Å²) in [5.74, 6) is 0.868. The monoisotopic (exact) mass is 267 g/mol. The first-order valence-corrected chi connectivity index (χ1v) is 6.48. The van der Waals surface area contributed by atoms with Gasteiger partial charge in [0.2, 0.25) is 0 Å². The molecular weight excluding hydrogens is 242 g/mol. The zero-order chi connectivity index (χ0) is 14.6. The average molecular weight is 267 g/mol. The number of rotatable bonds is 5. The lowest BCUT2D eigenvalue weighted by molar-refractivity contribution is 0.101. The van der Waals surface area contributed by atoms with Gasteiger partial charge in [-0.3, -0.25) is 0 Å². The Morgan fingerprint density at radius 2 is 1.95 bits per heavy atom. The number of methoxy groups -OCH3 is 1. The molecule has 0 amide bonds.